The summed E-state index contributed by atoms with van der Waals surface area (Å²) in [6, 6.07) is 4.29. The average molecular weight is 275 g/mol. The van der Waals surface area contributed by atoms with Gasteiger partial charge in [-0.15, -0.1) is 0 Å². The van der Waals surface area contributed by atoms with Crippen LogP contribution in [0.3, 0.4) is 0 Å². The number of aryl methyl sites for hydroxylation is 1. The van der Waals surface area contributed by atoms with Crippen LogP contribution in [0.1, 0.15) is 43.2 Å². The molecular formula is C15H18FN3O. The van der Waals surface area contributed by atoms with Gasteiger partial charge in [-0.1, -0.05) is 6.92 Å². The van der Waals surface area contributed by atoms with E-state index in [1.807, 2.05) is 12.5 Å². The highest BCUT2D eigenvalue weighted by atomic mass is 19.1. The Kier molecular flexibility index (Phi) is 3.44. The maximum atomic E-state index is 13.3. The molecule has 0 amide bonds. The fourth-order valence-corrected chi connectivity index (χ4v) is 2.68. The van der Waals surface area contributed by atoms with Crippen molar-refractivity contribution in [1.82, 2.24) is 9.55 Å². The van der Waals surface area contributed by atoms with Crippen LogP contribution < -0.4 is 10.5 Å². The molecule has 0 aliphatic carbocycles. The standard InChI is InChI=1S/C15H18FN3O/c1-2-5-19-9-18-8-13(19)15-7-12(17)11-6-10(16)3-4-14(11)20-15/h3-4,6,8-9,12,15H,2,5,7,17H2,1H3/t12-,15?/m0/s1. The third kappa shape index (κ3) is 2.29. The van der Waals surface area contributed by atoms with Gasteiger partial charge in [0, 0.05) is 24.6 Å². The number of nitrogens with zero attached hydrogens (tertiary/aromatic N) is 2. The van der Waals surface area contributed by atoms with Crippen molar-refractivity contribution >= 4 is 0 Å². The second-order valence-corrected chi connectivity index (χ2v) is 5.14. The van der Waals surface area contributed by atoms with Crippen LogP contribution in [-0.4, -0.2) is 9.55 Å². The predicted octanol–water partition coefficient (Wildman–Crippen LogP) is 2.96. The molecule has 0 saturated heterocycles. The third-order valence-corrected chi connectivity index (χ3v) is 3.65. The first-order valence-corrected chi connectivity index (χ1v) is 6.90. The van der Waals surface area contributed by atoms with Crippen molar-refractivity contribution in [2.75, 3.05) is 0 Å². The molecule has 2 heterocycles. The Morgan fingerprint density at radius 2 is 2.35 bits per heavy atom. The topological polar surface area (TPSA) is 53.1 Å². The van der Waals surface area contributed by atoms with Crippen molar-refractivity contribution in [3.8, 4) is 5.75 Å². The second-order valence-electron chi connectivity index (χ2n) is 5.14. The van der Waals surface area contributed by atoms with Gasteiger partial charge < -0.3 is 15.0 Å². The van der Waals surface area contributed by atoms with Gasteiger partial charge in [0.15, 0.2) is 0 Å². The van der Waals surface area contributed by atoms with Crippen LogP contribution in [0.5, 0.6) is 5.75 Å². The number of hydrogen-bond donors (Lipinski definition) is 1. The largest absolute Gasteiger partial charge is 0.484 e. The van der Waals surface area contributed by atoms with Gasteiger partial charge in [-0.25, -0.2) is 9.37 Å². The van der Waals surface area contributed by atoms with E-state index in [1.54, 1.807) is 6.07 Å². The molecule has 1 aliphatic heterocycles. The summed E-state index contributed by atoms with van der Waals surface area (Å²) in [7, 11) is 0. The Hall–Kier alpha value is -1.88. The lowest BCUT2D eigenvalue weighted by molar-refractivity contribution is 0.152. The minimum Gasteiger partial charge on any atom is -0.484 e. The van der Waals surface area contributed by atoms with E-state index < -0.39 is 0 Å². The number of nitrogens with two attached hydrogens (primary N) is 1. The molecule has 3 rings (SSSR count). The monoisotopic (exact) mass is 275 g/mol. The molecule has 1 aromatic heterocycles. The lowest BCUT2D eigenvalue weighted by Gasteiger charge is -2.30. The Balaban J connectivity index is 1.91. The predicted molar refractivity (Wildman–Crippen MR) is 73.8 cm³/mol. The van der Waals surface area contributed by atoms with Crippen molar-refractivity contribution in [2.45, 2.75) is 38.5 Å². The number of hydrogen-bond acceptors (Lipinski definition) is 3. The summed E-state index contributed by atoms with van der Waals surface area (Å²) in [5.41, 5.74) is 7.92. The number of fused-ring (bicyclic) bond motifs is 1. The highest BCUT2D eigenvalue weighted by Gasteiger charge is 2.29. The lowest BCUT2D eigenvalue weighted by Crippen LogP contribution is -2.25. The minimum absolute atomic E-state index is 0.128. The van der Waals surface area contributed by atoms with E-state index in [4.69, 9.17) is 10.5 Å². The molecule has 4 nitrogen and oxygen atoms in total. The SMILES string of the molecule is CCCn1cncc1C1C[C@H](N)c2cc(F)ccc2O1. The molecule has 2 aromatic rings. The summed E-state index contributed by atoms with van der Waals surface area (Å²) >= 11 is 0. The van der Waals surface area contributed by atoms with Crippen LogP contribution in [0, 0.1) is 5.82 Å². The Bertz CT molecular complexity index is 611. The van der Waals surface area contributed by atoms with Crippen LogP contribution in [-0.2, 0) is 6.54 Å². The number of halogens is 1. The van der Waals surface area contributed by atoms with Crippen LogP contribution in [0.2, 0.25) is 0 Å². The zero-order valence-corrected chi connectivity index (χ0v) is 11.4. The normalized spacial score (nSPS) is 21.4. The maximum absolute atomic E-state index is 13.3. The molecule has 0 fully saturated rings. The molecule has 0 saturated carbocycles. The Morgan fingerprint density at radius 1 is 1.50 bits per heavy atom. The zero-order chi connectivity index (χ0) is 14.1. The van der Waals surface area contributed by atoms with E-state index in [9.17, 15) is 4.39 Å². The average Bonchev–Trinajstić information content (AvgIpc) is 2.88. The van der Waals surface area contributed by atoms with Crippen molar-refractivity contribution < 1.29 is 9.13 Å². The van der Waals surface area contributed by atoms with Crippen molar-refractivity contribution in [3.63, 3.8) is 0 Å². The number of benzene rings is 1. The van der Waals surface area contributed by atoms with E-state index in [1.165, 1.54) is 12.1 Å². The van der Waals surface area contributed by atoms with E-state index in [0.29, 0.717) is 12.2 Å². The number of rotatable bonds is 3. The molecule has 1 unspecified atom stereocenters. The third-order valence-electron chi connectivity index (χ3n) is 3.65. The summed E-state index contributed by atoms with van der Waals surface area (Å²) in [6.45, 7) is 3.02. The van der Waals surface area contributed by atoms with E-state index >= 15 is 0 Å². The molecule has 1 aliphatic rings. The number of ether oxygens (including phenoxy) is 1. The van der Waals surface area contributed by atoms with Crippen molar-refractivity contribution in [3.05, 3.63) is 47.8 Å². The van der Waals surface area contributed by atoms with Gasteiger partial charge >= 0.3 is 0 Å². The van der Waals surface area contributed by atoms with Gasteiger partial charge in [0.25, 0.3) is 0 Å². The van der Waals surface area contributed by atoms with Gasteiger partial charge in [-0.05, 0) is 24.6 Å². The molecule has 1 aromatic carbocycles. The van der Waals surface area contributed by atoms with Crippen LogP contribution in [0.25, 0.3) is 0 Å². The van der Waals surface area contributed by atoms with Crippen LogP contribution >= 0.6 is 0 Å². The minimum atomic E-state index is -0.280. The summed E-state index contributed by atoms with van der Waals surface area (Å²) in [6.07, 6.45) is 5.17. The van der Waals surface area contributed by atoms with Crippen LogP contribution in [0.4, 0.5) is 4.39 Å². The quantitative estimate of drug-likeness (QED) is 0.937. The lowest BCUT2D eigenvalue weighted by atomic mass is 9.96. The molecule has 2 N–H and O–H groups in total. The fraction of sp³-hybridized carbons (Fsp3) is 0.400. The maximum Gasteiger partial charge on any atom is 0.142 e. The Labute approximate surface area is 117 Å². The van der Waals surface area contributed by atoms with Gasteiger partial charge in [-0.3, -0.25) is 0 Å². The molecule has 106 valence electrons. The van der Waals surface area contributed by atoms with Gasteiger partial charge in [-0.2, -0.15) is 0 Å². The number of aromatic nitrogens is 2. The van der Waals surface area contributed by atoms with E-state index in [2.05, 4.69) is 16.5 Å². The van der Waals surface area contributed by atoms with Gasteiger partial charge in [0.2, 0.25) is 0 Å². The fourth-order valence-electron chi connectivity index (χ4n) is 2.68. The van der Waals surface area contributed by atoms with Gasteiger partial charge in [0.05, 0.1) is 18.2 Å². The smallest absolute Gasteiger partial charge is 0.142 e. The summed E-state index contributed by atoms with van der Waals surface area (Å²) in [5.74, 6) is 0.386. The first kappa shape index (κ1) is 13.1. The first-order chi connectivity index (χ1) is 9.69. The molecule has 5 heteroatoms. The summed E-state index contributed by atoms with van der Waals surface area (Å²) in [4.78, 5) is 4.19. The highest BCUT2D eigenvalue weighted by molar-refractivity contribution is 5.39. The zero-order valence-electron chi connectivity index (χ0n) is 11.4. The second kappa shape index (κ2) is 5.25. The first-order valence-electron chi connectivity index (χ1n) is 6.90. The van der Waals surface area contributed by atoms with Crippen LogP contribution in [0.15, 0.2) is 30.7 Å². The molecule has 2 atom stereocenters. The summed E-state index contributed by atoms with van der Waals surface area (Å²) < 4.78 is 21.3. The summed E-state index contributed by atoms with van der Waals surface area (Å²) in [5, 5.41) is 0. The van der Waals surface area contributed by atoms with E-state index in [-0.39, 0.29) is 18.0 Å². The highest BCUT2D eigenvalue weighted by Crippen LogP contribution is 2.39. The molecule has 20 heavy (non-hydrogen) atoms. The number of imidazole rings is 1. The van der Waals surface area contributed by atoms with Gasteiger partial charge in [0.1, 0.15) is 17.7 Å². The Morgan fingerprint density at radius 3 is 3.15 bits per heavy atom. The van der Waals surface area contributed by atoms with E-state index in [0.717, 1.165) is 24.2 Å². The molecular weight excluding hydrogens is 257 g/mol. The molecule has 0 spiro atoms. The molecule has 0 radical (unpaired) electrons. The van der Waals surface area contributed by atoms with Crippen molar-refractivity contribution in [1.29, 1.82) is 0 Å². The van der Waals surface area contributed by atoms with Crippen molar-refractivity contribution in [2.24, 2.45) is 5.73 Å². The molecule has 0 bridgehead atoms.